The van der Waals surface area contributed by atoms with Crippen molar-refractivity contribution in [3.05, 3.63) is 34.1 Å². The Hall–Kier alpha value is -2.19. The summed E-state index contributed by atoms with van der Waals surface area (Å²) in [6, 6.07) is 7.45. The molecule has 1 aromatic heterocycles. The van der Waals surface area contributed by atoms with E-state index in [0.717, 1.165) is 30.8 Å². The van der Waals surface area contributed by atoms with E-state index in [1.807, 2.05) is 28.8 Å². The number of aromatic nitrogens is 3. The normalized spacial score (nSPS) is 10.7. The zero-order valence-electron chi connectivity index (χ0n) is 16.4. The Morgan fingerprint density at radius 2 is 1.89 bits per heavy atom. The van der Waals surface area contributed by atoms with Gasteiger partial charge in [-0.1, -0.05) is 24.9 Å². The molecule has 1 N–H and O–H groups in total. The topological polar surface area (TPSA) is 72.2 Å². The van der Waals surface area contributed by atoms with Crippen LogP contribution >= 0.6 is 23.8 Å². The maximum Gasteiger partial charge on any atom is 0.241 e. The Morgan fingerprint density at radius 1 is 1.21 bits per heavy atom. The number of hydrogen-bond donors (Lipinski definition) is 1. The van der Waals surface area contributed by atoms with Crippen molar-refractivity contribution in [3.63, 3.8) is 0 Å². The number of nitrogens with one attached hydrogen (secondary N) is 1. The van der Waals surface area contributed by atoms with Gasteiger partial charge in [-0.2, -0.15) is 5.10 Å². The van der Waals surface area contributed by atoms with E-state index in [1.165, 1.54) is 4.90 Å². The number of aryl methyl sites for hydroxylation is 1. The summed E-state index contributed by atoms with van der Waals surface area (Å²) < 4.78 is 4.24. The molecule has 0 spiro atoms. The number of rotatable bonds is 9. The average Bonchev–Trinajstić information content (AvgIpc) is 2.98. The summed E-state index contributed by atoms with van der Waals surface area (Å²) in [5.41, 5.74) is 0.923. The van der Waals surface area contributed by atoms with Crippen LogP contribution in [-0.4, -0.2) is 51.7 Å². The first-order valence-electron chi connectivity index (χ1n) is 9.24. The lowest BCUT2D eigenvalue weighted by Gasteiger charge is -2.10. The van der Waals surface area contributed by atoms with Crippen LogP contribution in [-0.2, 0) is 22.7 Å². The lowest BCUT2D eigenvalue weighted by molar-refractivity contribution is -0.130. The van der Waals surface area contributed by atoms with Crippen molar-refractivity contribution in [2.75, 3.05) is 20.6 Å². The molecule has 2 amide bonds. The van der Waals surface area contributed by atoms with Crippen molar-refractivity contribution in [1.29, 1.82) is 0 Å². The fourth-order valence-corrected chi connectivity index (χ4v) is 2.98. The Kier molecular flexibility index (Phi) is 8.19. The fourth-order valence-electron chi connectivity index (χ4n) is 2.55. The van der Waals surface area contributed by atoms with Gasteiger partial charge in [0.15, 0.2) is 10.6 Å². The van der Waals surface area contributed by atoms with Crippen LogP contribution in [0.25, 0.3) is 11.4 Å². The number of carbonyl (C=O) groups excluding carboxylic acids is 2. The van der Waals surface area contributed by atoms with Crippen molar-refractivity contribution in [2.24, 2.45) is 0 Å². The second-order valence-corrected chi connectivity index (χ2v) is 7.46. The number of benzene rings is 1. The van der Waals surface area contributed by atoms with Crippen LogP contribution in [0.2, 0.25) is 5.02 Å². The van der Waals surface area contributed by atoms with Crippen LogP contribution in [0.15, 0.2) is 24.3 Å². The molecule has 0 unspecified atom stereocenters. The summed E-state index contributed by atoms with van der Waals surface area (Å²) in [7, 11) is 3.30. The standard InChI is InChI=1S/C19H26ClN5O2S/c1-4-5-11-24-18(14-6-8-15(20)9-7-14)22-25(19(24)28)12-10-16(26)21-13-17(27)23(2)3/h6-9H,4-5,10-13H2,1-3H3,(H,21,26). The SMILES string of the molecule is CCCCn1c(-c2ccc(Cl)cc2)nn(CCC(=O)NCC(=O)N(C)C)c1=S. The van der Waals surface area contributed by atoms with E-state index in [9.17, 15) is 9.59 Å². The predicted octanol–water partition coefficient (Wildman–Crippen LogP) is 3.13. The molecule has 1 aromatic carbocycles. The number of halogens is 1. The van der Waals surface area contributed by atoms with Crippen molar-refractivity contribution in [1.82, 2.24) is 24.6 Å². The van der Waals surface area contributed by atoms with Crippen LogP contribution < -0.4 is 5.32 Å². The van der Waals surface area contributed by atoms with Gasteiger partial charge in [0.25, 0.3) is 0 Å². The van der Waals surface area contributed by atoms with Gasteiger partial charge in [0, 0.05) is 37.6 Å². The number of unbranched alkanes of at least 4 members (excludes halogenated alkanes) is 1. The second kappa shape index (κ2) is 10.4. The van der Waals surface area contributed by atoms with E-state index in [1.54, 1.807) is 18.8 Å². The van der Waals surface area contributed by atoms with Gasteiger partial charge in [-0.05, 0) is 42.9 Å². The second-order valence-electron chi connectivity index (χ2n) is 6.66. The van der Waals surface area contributed by atoms with Gasteiger partial charge in [-0.3, -0.25) is 14.2 Å². The van der Waals surface area contributed by atoms with E-state index in [-0.39, 0.29) is 24.8 Å². The molecule has 0 bridgehead atoms. The molecule has 2 aromatic rings. The Balaban J connectivity index is 2.14. The van der Waals surface area contributed by atoms with Crippen LogP contribution in [0.5, 0.6) is 0 Å². The van der Waals surface area contributed by atoms with E-state index >= 15 is 0 Å². The van der Waals surface area contributed by atoms with Crippen LogP contribution in [0, 0.1) is 4.77 Å². The zero-order valence-corrected chi connectivity index (χ0v) is 18.0. The number of carbonyl (C=O) groups is 2. The largest absolute Gasteiger partial charge is 0.347 e. The third-order valence-corrected chi connectivity index (χ3v) is 4.93. The van der Waals surface area contributed by atoms with Crippen molar-refractivity contribution < 1.29 is 9.59 Å². The van der Waals surface area contributed by atoms with Crippen LogP contribution in [0.4, 0.5) is 0 Å². The number of nitrogens with zero attached hydrogens (tertiary/aromatic N) is 4. The van der Waals surface area contributed by atoms with Crippen LogP contribution in [0.3, 0.4) is 0 Å². The predicted molar refractivity (Wildman–Crippen MR) is 113 cm³/mol. The number of amides is 2. The highest BCUT2D eigenvalue weighted by Gasteiger charge is 2.14. The molecule has 9 heteroatoms. The summed E-state index contributed by atoms with van der Waals surface area (Å²) in [5, 5.41) is 7.91. The van der Waals surface area contributed by atoms with Gasteiger partial charge in [0.1, 0.15) is 0 Å². The molecular weight excluding hydrogens is 398 g/mol. The molecule has 0 aliphatic rings. The molecule has 0 aliphatic carbocycles. The van der Waals surface area contributed by atoms with Gasteiger partial charge in [0.05, 0.1) is 13.1 Å². The lowest BCUT2D eigenvalue weighted by atomic mass is 10.2. The van der Waals surface area contributed by atoms with Gasteiger partial charge in [-0.25, -0.2) is 4.68 Å². The van der Waals surface area contributed by atoms with Crippen molar-refractivity contribution in [2.45, 2.75) is 39.3 Å². The number of likely N-dealkylation sites (N-methyl/N-ethyl adjacent to an activating group) is 1. The van der Waals surface area contributed by atoms with Crippen molar-refractivity contribution >= 4 is 35.6 Å². The molecule has 0 saturated carbocycles. The molecule has 0 saturated heterocycles. The molecule has 0 atom stereocenters. The average molecular weight is 424 g/mol. The highest BCUT2D eigenvalue weighted by molar-refractivity contribution is 7.71. The maximum atomic E-state index is 12.0. The summed E-state index contributed by atoms with van der Waals surface area (Å²) in [6.45, 7) is 3.21. The van der Waals surface area contributed by atoms with Gasteiger partial charge < -0.3 is 10.2 Å². The molecule has 0 fully saturated rings. The molecular formula is C19H26ClN5O2S. The molecule has 7 nitrogen and oxygen atoms in total. The Bertz CT molecular complexity index is 873. The Labute approximate surface area is 175 Å². The van der Waals surface area contributed by atoms with Crippen molar-refractivity contribution in [3.8, 4) is 11.4 Å². The summed E-state index contributed by atoms with van der Waals surface area (Å²) >= 11 is 11.6. The van der Waals surface area contributed by atoms with E-state index in [2.05, 4.69) is 17.3 Å². The highest BCUT2D eigenvalue weighted by Crippen LogP contribution is 2.21. The summed E-state index contributed by atoms with van der Waals surface area (Å²) in [4.78, 5) is 25.1. The smallest absolute Gasteiger partial charge is 0.241 e. The molecule has 152 valence electrons. The fraction of sp³-hybridized carbons (Fsp3) is 0.474. The summed E-state index contributed by atoms with van der Waals surface area (Å²) in [5.74, 6) is 0.394. The van der Waals surface area contributed by atoms with Gasteiger partial charge in [-0.15, -0.1) is 0 Å². The molecule has 2 rings (SSSR count). The van der Waals surface area contributed by atoms with Gasteiger partial charge >= 0.3 is 0 Å². The van der Waals surface area contributed by atoms with E-state index < -0.39 is 0 Å². The minimum absolute atomic E-state index is 0.0157. The third-order valence-electron chi connectivity index (χ3n) is 4.25. The number of hydrogen-bond acceptors (Lipinski definition) is 4. The minimum atomic E-state index is -0.215. The van der Waals surface area contributed by atoms with Gasteiger partial charge in [0.2, 0.25) is 11.8 Å². The first kappa shape index (κ1) is 22.1. The quantitative estimate of drug-likeness (QED) is 0.629. The first-order valence-corrected chi connectivity index (χ1v) is 10.0. The molecule has 0 radical (unpaired) electrons. The van der Waals surface area contributed by atoms with E-state index in [4.69, 9.17) is 23.8 Å². The van der Waals surface area contributed by atoms with Crippen LogP contribution in [0.1, 0.15) is 26.2 Å². The monoisotopic (exact) mass is 423 g/mol. The lowest BCUT2D eigenvalue weighted by Crippen LogP contribution is -2.36. The molecule has 1 heterocycles. The zero-order chi connectivity index (χ0) is 20.7. The minimum Gasteiger partial charge on any atom is -0.347 e. The summed E-state index contributed by atoms with van der Waals surface area (Å²) in [6.07, 6.45) is 2.21. The Morgan fingerprint density at radius 3 is 2.50 bits per heavy atom. The highest BCUT2D eigenvalue weighted by atomic mass is 35.5. The molecule has 28 heavy (non-hydrogen) atoms. The first-order chi connectivity index (χ1) is 13.3. The maximum absolute atomic E-state index is 12.0. The molecule has 0 aliphatic heterocycles. The van der Waals surface area contributed by atoms with E-state index in [0.29, 0.717) is 16.3 Å². The third kappa shape index (κ3) is 5.90.